The van der Waals surface area contributed by atoms with Crippen molar-refractivity contribution in [3.63, 3.8) is 0 Å². The molecule has 9 nitrogen and oxygen atoms in total. The van der Waals surface area contributed by atoms with Gasteiger partial charge in [0.2, 0.25) is 0 Å². The molecule has 0 spiro atoms. The smallest absolute Gasteiger partial charge is 0.358 e. The molecule has 1 aromatic carbocycles. The van der Waals surface area contributed by atoms with E-state index in [1.807, 2.05) is 6.92 Å². The summed E-state index contributed by atoms with van der Waals surface area (Å²) >= 11 is 0. The third-order valence-corrected chi connectivity index (χ3v) is 4.68. The van der Waals surface area contributed by atoms with Crippen LogP contribution in [0.3, 0.4) is 0 Å². The van der Waals surface area contributed by atoms with Crippen LogP contribution in [-0.2, 0) is 11.8 Å². The molecule has 3 rings (SSSR count). The predicted octanol–water partition coefficient (Wildman–Crippen LogP) is 3.13. The van der Waals surface area contributed by atoms with Gasteiger partial charge in [0.1, 0.15) is 5.76 Å². The zero-order valence-corrected chi connectivity index (χ0v) is 18.0. The van der Waals surface area contributed by atoms with Crippen LogP contribution in [0.4, 0.5) is 11.4 Å². The van der Waals surface area contributed by atoms with Crippen molar-refractivity contribution in [2.75, 3.05) is 24.3 Å². The SMILES string of the molecule is CCNc1c(C(=O)Nc2ccc(-c3c(C)on(C)c3=O)cc2)cc(C)nc1C(=O)OC. The Labute approximate surface area is 179 Å². The van der Waals surface area contributed by atoms with E-state index in [1.165, 1.54) is 11.8 Å². The Morgan fingerprint density at radius 3 is 2.42 bits per heavy atom. The van der Waals surface area contributed by atoms with Crippen molar-refractivity contribution < 1.29 is 18.8 Å². The second-order valence-electron chi connectivity index (χ2n) is 6.91. The van der Waals surface area contributed by atoms with Crippen molar-refractivity contribution in [3.05, 3.63) is 63.4 Å². The molecule has 2 heterocycles. The monoisotopic (exact) mass is 424 g/mol. The van der Waals surface area contributed by atoms with E-state index >= 15 is 0 Å². The molecule has 0 saturated carbocycles. The second-order valence-corrected chi connectivity index (χ2v) is 6.91. The zero-order chi connectivity index (χ0) is 22.7. The average Bonchev–Trinajstić information content (AvgIpc) is 3.00. The number of nitrogens with zero attached hydrogens (tertiary/aromatic N) is 2. The molecule has 0 unspecified atom stereocenters. The first-order chi connectivity index (χ1) is 14.8. The summed E-state index contributed by atoms with van der Waals surface area (Å²) < 4.78 is 11.3. The van der Waals surface area contributed by atoms with Crippen LogP contribution in [0.15, 0.2) is 39.6 Å². The number of carbonyl (C=O) groups is 2. The topological polar surface area (TPSA) is 115 Å². The number of hydrogen-bond donors (Lipinski definition) is 2. The number of carbonyl (C=O) groups excluding carboxylic acids is 2. The fraction of sp³-hybridized carbons (Fsp3) is 0.273. The summed E-state index contributed by atoms with van der Waals surface area (Å²) in [4.78, 5) is 41.6. The van der Waals surface area contributed by atoms with Crippen LogP contribution in [-0.4, -0.2) is 35.3 Å². The maximum Gasteiger partial charge on any atom is 0.358 e. The van der Waals surface area contributed by atoms with Crippen molar-refractivity contribution in [1.29, 1.82) is 0 Å². The van der Waals surface area contributed by atoms with Gasteiger partial charge in [0.15, 0.2) is 5.69 Å². The number of amides is 1. The maximum atomic E-state index is 13.0. The molecule has 0 radical (unpaired) electrons. The van der Waals surface area contributed by atoms with Gasteiger partial charge >= 0.3 is 5.97 Å². The molecule has 9 heteroatoms. The molecular formula is C22H24N4O5. The highest BCUT2D eigenvalue weighted by Gasteiger charge is 2.22. The highest BCUT2D eigenvalue weighted by molar-refractivity contribution is 6.11. The van der Waals surface area contributed by atoms with Gasteiger partial charge < -0.3 is 19.9 Å². The fourth-order valence-corrected chi connectivity index (χ4v) is 3.30. The molecule has 0 aliphatic carbocycles. The Hall–Kier alpha value is -3.88. The van der Waals surface area contributed by atoms with Gasteiger partial charge in [-0.05, 0) is 44.5 Å². The van der Waals surface area contributed by atoms with Crippen molar-refractivity contribution in [1.82, 2.24) is 9.72 Å². The number of methoxy groups -OCH3 is 1. The molecule has 31 heavy (non-hydrogen) atoms. The van der Waals surface area contributed by atoms with E-state index in [2.05, 4.69) is 15.6 Å². The summed E-state index contributed by atoms with van der Waals surface area (Å²) in [6.45, 7) is 5.76. The lowest BCUT2D eigenvalue weighted by Gasteiger charge is -2.15. The number of hydrogen-bond acceptors (Lipinski definition) is 7. The Morgan fingerprint density at radius 1 is 1.19 bits per heavy atom. The molecule has 0 saturated heterocycles. The zero-order valence-electron chi connectivity index (χ0n) is 18.0. The normalized spacial score (nSPS) is 10.6. The van der Waals surface area contributed by atoms with Crippen molar-refractivity contribution in [2.24, 2.45) is 7.05 Å². The summed E-state index contributed by atoms with van der Waals surface area (Å²) in [5, 5.41) is 5.84. The summed E-state index contributed by atoms with van der Waals surface area (Å²) in [6.07, 6.45) is 0. The molecule has 2 aromatic heterocycles. The van der Waals surface area contributed by atoms with E-state index < -0.39 is 11.9 Å². The maximum absolute atomic E-state index is 13.0. The number of benzene rings is 1. The van der Waals surface area contributed by atoms with Crippen molar-refractivity contribution in [3.8, 4) is 11.1 Å². The lowest BCUT2D eigenvalue weighted by Crippen LogP contribution is -2.19. The number of aromatic nitrogens is 2. The Balaban J connectivity index is 1.92. The molecule has 2 N–H and O–H groups in total. The Morgan fingerprint density at radius 2 is 1.87 bits per heavy atom. The average molecular weight is 424 g/mol. The van der Waals surface area contributed by atoms with Crippen LogP contribution in [0.2, 0.25) is 0 Å². The second kappa shape index (κ2) is 8.86. The molecule has 3 aromatic rings. The summed E-state index contributed by atoms with van der Waals surface area (Å²) in [5.74, 6) is -0.521. The predicted molar refractivity (Wildman–Crippen MR) is 117 cm³/mol. The highest BCUT2D eigenvalue weighted by atomic mass is 16.5. The summed E-state index contributed by atoms with van der Waals surface area (Å²) in [5.41, 5.74) is 2.61. The van der Waals surface area contributed by atoms with E-state index in [4.69, 9.17) is 9.26 Å². The van der Waals surface area contributed by atoms with Gasteiger partial charge in [-0.15, -0.1) is 0 Å². The van der Waals surface area contributed by atoms with Gasteiger partial charge in [0.25, 0.3) is 11.5 Å². The minimum absolute atomic E-state index is 0.0520. The summed E-state index contributed by atoms with van der Waals surface area (Å²) in [7, 11) is 2.81. The molecule has 0 atom stereocenters. The molecule has 1 amide bonds. The first-order valence-electron chi connectivity index (χ1n) is 9.69. The number of aryl methyl sites for hydroxylation is 3. The van der Waals surface area contributed by atoms with Crippen LogP contribution in [0.5, 0.6) is 0 Å². The quantitative estimate of drug-likeness (QED) is 0.584. The number of pyridine rings is 1. The minimum Gasteiger partial charge on any atom is -0.464 e. The van der Waals surface area contributed by atoms with Gasteiger partial charge in [-0.1, -0.05) is 12.1 Å². The number of esters is 1. The van der Waals surface area contributed by atoms with Crippen molar-refractivity contribution in [2.45, 2.75) is 20.8 Å². The first-order valence-corrected chi connectivity index (χ1v) is 9.69. The van der Waals surface area contributed by atoms with Gasteiger partial charge in [0.05, 0.1) is 23.9 Å². The van der Waals surface area contributed by atoms with Crippen LogP contribution in [0.1, 0.15) is 39.2 Å². The molecule has 0 aliphatic rings. The number of rotatable bonds is 6. The van der Waals surface area contributed by atoms with Crippen LogP contribution >= 0.6 is 0 Å². The van der Waals surface area contributed by atoms with Gasteiger partial charge in [-0.2, -0.15) is 4.74 Å². The lowest BCUT2D eigenvalue weighted by molar-refractivity contribution is 0.0595. The van der Waals surface area contributed by atoms with Gasteiger partial charge in [0, 0.05) is 25.0 Å². The van der Waals surface area contributed by atoms with Crippen LogP contribution in [0, 0.1) is 13.8 Å². The number of nitrogens with one attached hydrogen (secondary N) is 2. The van der Waals surface area contributed by atoms with Crippen molar-refractivity contribution >= 4 is 23.3 Å². The molecular weight excluding hydrogens is 400 g/mol. The first kappa shape index (κ1) is 21.8. The third-order valence-electron chi connectivity index (χ3n) is 4.68. The van der Waals surface area contributed by atoms with Gasteiger partial charge in [-0.25, -0.2) is 9.78 Å². The van der Waals surface area contributed by atoms with E-state index in [0.717, 1.165) is 0 Å². The largest absolute Gasteiger partial charge is 0.464 e. The van der Waals surface area contributed by atoms with E-state index in [1.54, 1.807) is 51.2 Å². The van der Waals surface area contributed by atoms with Crippen LogP contribution < -0.4 is 16.2 Å². The lowest BCUT2D eigenvalue weighted by atomic mass is 10.1. The minimum atomic E-state index is -0.630. The van der Waals surface area contributed by atoms with E-state index in [9.17, 15) is 14.4 Å². The molecule has 0 fully saturated rings. The Kier molecular flexibility index (Phi) is 6.24. The van der Waals surface area contributed by atoms with E-state index in [-0.39, 0.29) is 16.8 Å². The molecule has 0 bridgehead atoms. The highest BCUT2D eigenvalue weighted by Crippen LogP contribution is 2.25. The fourth-order valence-electron chi connectivity index (χ4n) is 3.30. The number of ether oxygens (including phenoxy) is 1. The van der Waals surface area contributed by atoms with Gasteiger partial charge in [-0.3, -0.25) is 9.59 Å². The summed E-state index contributed by atoms with van der Waals surface area (Å²) in [6, 6.07) is 8.46. The third kappa shape index (κ3) is 4.35. The van der Waals surface area contributed by atoms with Crippen LogP contribution in [0.25, 0.3) is 11.1 Å². The standard InChI is InChI=1S/C22H24N4O5/c1-6-23-18-16(11-12(2)24-19(18)22(29)30-5)20(27)25-15-9-7-14(8-10-15)17-13(3)31-26(4)21(17)28/h7-11,23H,6H2,1-5H3,(H,25,27). The number of anilines is 2. The van der Waals surface area contributed by atoms with E-state index in [0.29, 0.717) is 40.5 Å². The Bertz CT molecular complexity index is 1190. The molecule has 0 aliphatic heterocycles. The molecule has 162 valence electrons.